The molecule has 0 bridgehead atoms. The molecule has 1 heterocycles. The summed E-state index contributed by atoms with van der Waals surface area (Å²) in [5, 5.41) is 4.16. The molecule has 1 atom stereocenters. The molecule has 4 nitrogen and oxygen atoms in total. The van der Waals surface area contributed by atoms with Crippen LogP contribution < -0.4 is 10.9 Å². The van der Waals surface area contributed by atoms with Crippen LogP contribution in [0.1, 0.15) is 29.7 Å². The topological polar surface area (TPSA) is 57.8 Å². The highest BCUT2D eigenvalue weighted by Gasteiger charge is 2.12. The van der Waals surface area contributed by atoms with Crippen molar-refractivity contribution in [3.05, 3.63) is 57.5 Å². The minimum Gasteiger partial charge on any atom is -0.309 e. The molecule has 0 saturated carbocycles. The van der Waals surface area contributed by atoms with E-state index >= 15 is 0 Å². The molecule has 1 unspecified atom stereocenters. The van der Waals surface area contributed by atoms with E-state index in [1.807, 2.05) is 0 Å². The van der Waals surface area contributed by atoms with Gasteiger partial charge in [0.15, 0.2) is 5.16 Å². The summed E-state index contributed by atoms with van der Waals surface area (Å²) >= 11 is 1.56. The number of aromatic nitrogens is 2. The number of aryl methyl sites for hydroxylation is 2. The van der Waals surface area contributed by atoms with Crippen molar-refractivity contribution >= 4 is 11.8 Å². The minimum absolute atomic E-state index is 0.112. The number of benzene rings is 1. The Morgan fingerprint density at radius 1 is 1.29 bits per heavy atom. The van der Waals surface area contributed by atoms with Gasteiger partial charge in [0, 0.05) is 24.1 Å². The van der Waals surface area contributed by atoms with E-state index in [9.17, 15) is 4.79 Å². The van der Waals surface area contributed by atoms with Crippen molar-refractivity contribution < 1.29 is 0 Å². The maximum atomic E-state index is 11.3. The molecule has 0 spiro atoms. The normalized spacial score (nSPS) is 12.3. The quantitative estimate of drug-likeness (QED) is 0.636. The van der Waals surface area contributed by atoms with Crippen LogP contribution in [0, 0.1) is 13.8 Å². The fourth-order valence-corrected chi connectivity index (χ4v) is 3.26. The van der Waals surface area contributed by atoms with Crippen LogP contribution in [0.2, 0.25) is 0 Å². The van der Waals surface area contributed by atoms with Crippen LogP contribution in [0.25, 0.3) is 0 Å². The molecule has 2 N–H and O–H groups in total. The Morgan fingerprint density at radius 3 is 2.62 bits per heavy atom. The predicted molar refractivity (Wildman–Crippen MR) is 87.9 cm³/mol. The Kier molecular flexibility index (Phi) is 5.59. The fourth-order valence-electron chi connectivity index (χ4n) is 2.32. The molecule has 0 fully saturated rings. The molecule has 0 amide bonds. The molecule has 2 aromatic rings. The number of H-pyrrole nitrogens is 1. The highest BCUT2D eigenvalue weighted by atomic mass is 32.2. The average molecular weight is 303 g/mol. The van der Waals surface area contributed by atoms with Crippen molar-refractivity contribution in [1.82, 2.24) is 15.3 Å². The van der Waals surface area contributed by atoms with Gasteiger partial charge in [-0.2, -0.15) is 0 Å². The highest BCUT2D eigenvalue weighted by Crippen LogP contribution is 2.23. The van der Waals surface area contributed by atoms with Crippen molar-refractivity contribution in [3.63, 3.8) is 0 Å². The Morgan fingerprint density at radius 2 is 2.00 bits per heavy atom. The number of nitrogens with zero attached hydrogens (tertiary/aromatic N) is 1. The molecule has 1 aromatic heterocycles. The van der Waals surface area contributed by atoms with Gasteiger partial charge in [-0.1, -0.05) is 48.0 Å². The molecule has 1 aromatic carbocycles. The standard InChI is InChI=1S/C16H21N3OS/c1-4-17-14(13-8-11(2)7-12(3)9-13)10-21-16-18-6-5-15(20)19-16/h5-9,14,17H,4,10H2,1-3H3,(H,18,19,20). The Labute approximate surface area is 129 Å². The second kappa shape index (κ2) is 7.43. The number of thioether (sulfide) groups is 1. The van der Waals surface area contributed by atoms with E-state index in [2.05, 4.69) is 54.3 Å². The summed E-state index contributed by atoms with van der Waals surface area (Å²) in [5.41, 5.74) is 3.70. The van der Waals surface area contributed by atoms with Gasteiger partial charge >= 0.3 is 0 Å². The highest BCUT2D eigenvalue weighted by molar-refractivity contribution is 7.99. The van der Waals surface area contributed by atoms with Crippen molar-refractivity contribution in [2.75, 3.05) is 12.3 Å². The average Bonchev–Trinajstić information content (AvgIpc) is 2.42. The fraction of sp³-hybridized carbons (Fsp3) is 0.375. The van der Waals surface area contributed by atoms with Crippen molar-refractivity contribution in [2.45, 2.75) is 32.0 Å². The predicted octanol–water partition coefficient (Wildman–Crippen LogP) is 2.83. The molecule has 21 heavy (non-hydrogen) atoms. The van der Waals surface area contributed by atoms with E-state index in [-0.39, 0.29) is 11.6 Å². The first kappa shape index (κ1) is 15.8. The molecule has 5 heteroatoms. The lowest BCUT2D eigenvalue weighted by atomic mass is 10.0. The van der Waals surface area contributed by atoms with E-state index in [1.165, 1.54) is 22.8 Å². The van der Waals surface area contributed by atoms with Crippen LogP contribution >= 0.6 is 11.8 Å². The summed E-state index contributed by atoms with van der Waals surface area (Å²) in [7, 11) is 0. The Hall–Kier alpha value is -1.59. The summed E-state index contributed by atoms with van der Waals surface area (Å²) in [6.45, 7) is 7.23. The van der Waals surface area contributed by atoms with Crippen LogP contribution in [0.5, 0.6) is 0 Å². The van der Waals surface area contributed by atoms with Gasteiger partial charge in [-0.05, 0) is 26.0 Å². The Bertz CT molecular complexity index is 634. The lowest BCUT2D eigenvalue weighted by Gasteiger charge is -2.19. The number of nitrogens with one attached hydrogen (secondary N) is 2. The van der Waals surface area contributed by atoms with Crippen molar-refractivity contribution in [2.24, 2.45) is 0 Å². The van der Waals surface area contributed by atoms with E-state index < -0.39 is 0 Å². The van der Waals surface area contributed by atoms with Crippen molar-refractivity contribution in [1.29, 1.82) is 0 Å². The SMILES string of the molecule is CCNC(CSc1nccc(=O)[nH]1)c1cc(C)cc(C)c1. The second-order valence-electron chi connectivity index (χ2n) is 5.08. The van der Waals surface area contributed by atoms with E-state index in [0.29, 0.717) is 5.16 Å². The number of rotatable bonds is 6. The lowest BCUT2D eigenvalue weighted by molar-refractivity contribution is 0.604. The van der Waals surface area contributed by atoms with Crippen LogP contribution in [0.3, 0.4) is 0 Å². The zero-order chi connectivity index (χ0) is 15.2. The number of aromatic amines is 1. The summed E-state index contributed by atoms with van der Waals surface area (Å²) in [5.74, 6) is 0.823. The number of hydrogen-bond donors (Lipinski definition) is 2. The third kappa shape index (κ3) is 4.72. The van der Waals surface area contributed by atoms with E-state index in [0.717, 1.165) is 12.3 Å². The third-order valence-corrected chi connectivity index (χ3v) is 4.11. The molecule has 0 aliphatic carbocycles. The second-order valence-corrected chi connectivity index (χ2v) is 6.09. The molecular weight excluding hydrogens is 282 g/mol. The largest absolute Gasteiger partial charge is 0.309 e. The monoisotopic (exact) mass is 303 g/mol. The molecule has 0 aliphatic heterocycles. The molecule has 0 aliphatic rings. The van der Waals surface area contributed by atoms with Gasteiger partial charge in [-0.15, -0.1) is 0 Å². The van der Waals surface area contributed by atoms with Gasteiger partial charge in [-0.25, -0.2) is 4.98 Å². The van der Waals surface area contributed by atoms with E-state index in [1.54, 1.807) is 18.0 Å². The van der Waals surface area contributed by atoms with Gasteiger partial charge in [0.25, 0.3) is 5.56 Å². The first-order valence-corrected chi connectivity index (χ1v) is 8.06. The minimum atomic E-state index is -0.112. The zero-order valence-corrected chi connectivity index (χ0v) is 13.5. The third-order valence-electron chi connectivity index (χ3n) is 3.13. The summed E-state index contributed by atoms with van der Waals surface area (Å²) < 4.78 is 0. The smallest absolute Gasteiger partial charge is 0.251 e. The Balaban J connectivity index is 2.13. The maximum Gasteiger partial charge on any atom is 0.251 e. The summed E-state index contributed by atoms with van der Waals surface area (Å²) in [6.07, 6.45) is 1.54. The van der Waals surface area contributed by atoms with Gasteiger partial charge in [0.2, 0.25) is 0 Å². The summed E-state index contributed by atoms with van der Waals surface area (Å²) in [6, 6.07) is 8.26. The van der Waals surface area contributed by atoms with Gasteiger partial charge in [0.1, 0.15) is 0 Å². The number of hydrogen-bond acceptors (Lipinski definition) is 4. The first-order valence-electron chi connectivity index (χ1n) is 7.08. The van der Waals surface area contributed by atoms with Gasteiger partial charge in [0.05, 0.1) is 0 Å². The van der Waals surface area contributed by atoms with Crippen LogP contribution in [0.15, 0.2) is 40.4 Å². The first-order chi connectivity index (χ1) is 10.1. The van der Waals surface area contributed by atoms with Crippen LogP contribution in [-0.4, -0.2) is 22.3 Å². The van der Waals surface area contributed by atoms with Gasteiger partial charge < -0.3 is 10.3 Å². The molecule has 2 rings (SSSR count). The summed E-state index contributed by atoms with van der Waals surface area (Å²) in [4.78, 5) is 18.2. The maximum absolute atomic E-state index is 11.3. The molecular formula is C16H21N3OS. The van der Waals surface area contributed by atoms with E-state index in [4.69, 9.17) is 0 Å². The lowest BCUT2D eigenvalue weighted by Crippen LogP contribution is -2.23. The molecule has 0 saturated heterocycles. The van der Waals surface area contributed by atoms with Gasteiger partial charge in [-0.3, -0.25) is 4.79 Å². The van der Waals surface area contributed by atoms with Crippen LogP contribution in [0.4, 0.5) is 0 Å². The van der Waals surface area contributed by atoms with Crippen molar-refractivity contribution in [3.8, 4) is 0 Å². The molecule has 0 radical (unpaired) electrons. The molecule has 112 valence electrons. The van der Waals surface area contributed by atoms with Crippen LogP contribution in [-0.2, 0) is 0 Å². The zero-order valence-electron chi connectivity index (χ0n) is 12.6.